The van der Waals surface area contributed by atoms with Gasteiger partial charge < -0.3 is 14.2 Å². The van der Waals surface area contributed by atoms with Crippen LogP contribution in [0.25, 0.3) is 0 Å². The van der Waals surface area contributed by atoms with Crippen molar-refractivity contribution in [2.75, 3.05) is 7.11 Å². The summed E-state index contributed by atoms with van der Waals surface area (Å²) in [7, 11) is 1.76. The van der Waals surface area contributed by atoms with E-state index in [1.54, 1.807) is 7.11 Å². The zero-order valence-electron chi connectivity index (χ0n) is 10.7. The molecule has 1 heterocycles. The van der Waals surface area contributed by atoms with Gasteiger partial charge in [0.2, 0.25) is 0 Å². The summed E-state index contributed by atoms with van der Waals surface area (Å²) in [5.41, 5.74) is -0.142. The Hall–Kier alpha value is -0.120. The zero-order chi connectivity index (χ0) is 11.6. The van der Waals surface area contributed by atoms with E-state index in [1.165, 1.54) is 0 Å². The molecule has 0 amide bonds. The summed E-state index contributed by atoms with van der Waals surface area (Å²) in [4.78, 5) is 0. The number of ether oxygens (including phenoxy) is 3. The second-order valence-electron chi connectivity index (χ2n) is 4.97. The molecule has 15 heavy (non-hydrogen) atoms. The predicted octanol–water partition coefficient (Wildman–Crippen LogP) is 2.59. The molecule has 1 rings (SSSR count). The Kier molecular flexibility index (Phi) is 4.15. The van der Waals surface area contributed by atoms with Crippen molar-refractivity contribution in [3.05, 3.63) is 0 Å². The van der Waals surface area contributed by atoms with Crippen LogP contribution in [-0.4, -0.2) is 31.2 Å². The molecule has 1 unspecified atom stereocenters. The highest BCUT2D eigenvalue weighted by molar-refractivity contribution is 4.89. The van der Waals surface area contributed by atoms with Crippen molar-refractivity contribution in [1.82, 2.24) is 0 Å². The third kappa shape index (κ3) is 2.92. The Morgan fingerprint density at radius 2 is 1.93 bits per heavy atom. The largest absolute Gasteiger partial charge is 0.378 e. The van der Waals surface area contributed by atoms with Gasteiger partial charge >= 0.3 is 0 Å². The molecule has 1 saturated heterocycles. The first kappa shape index (κ1) is 12.9. The first-order valence-corrected chi connectivity index (χ1v) is 5.75. The third-order valence-corrected chi connectivity index (χ3v) is 3.50. The average Bonchev–Trinajstić information content (AvgIpc) is 2.13. The van der Waals surface area contributed by atoms with Crippen molar-refractivity contribution in [3.63, 3.8) is 0 Å². The van der Waals surface area contributed by atoms with E-state index in [-0.39, 0.29) is 24.1 Å². The van der Waals surface area contributed by atoms with Crippen LogP contribution >= 0.6 is 0 Å². The van der Waals surface area contributed by atoms with E-state index >= 15 is 0 Å². The first-order chi connectivity index (χ1) is 6.89. The van der Waals surface area contributed by atoms with Gasteiger partial charge in [-0.25, -0.2) is 0 Å². The van der Waals surface area contributed by atoms with E-state index in [9.17, 15) is 0 Å². The van der Waals surface area contributed by atoms with Crippen LogP contribution in [0.3, 0.4) is 0 Å². The molecular weight excluding hydrogens is 192 g/mol. The van der Waals surface area contributed by atoms with E-state index in [4.69, 9.17) is 14.2 Å². The van der Waals surface area contributed by atoms with Gasteiger partial charge in [-0.05, 0) is 27.7 Å². The van der Waals surface area contributed by atoms with E-state index in [0.29, 0.717) is 5.92 Å². The van der Waals surface area contributed by atoms with Crippen LogP contribution in [0.4, 0.5) is 0 Å². The van der Waals surface area contributed by atoms with Crippen LogP contribution in [-0.2, 0) is 14.2 Å². The molecule has 0 spiro atoms. The summed E-state index contributed by atoms with van der Waals surface area (Å²) in [6.45, 7) is 10.4. The maximum Gasteiger partial charge on any atom is 0.161 e. The molecule has 0 radical (unpaired) electrons. The lowest BCUT2D eigenvalue weighted by molar-refractivity contribution is -0.268. The van der Waals surface area contributed by atoms with E-state index in [0.717, 1.165) is 6.42 Å². The highest BCUT2D eigenvalue weighted by Crippen LogP contribution is 2.36. The Bertz CT molecular complexity index is 205. The lowest BCUT2D eigenvalue weighted by Gasteiger charge is -2.45. The molecule has 0 N–H and O–H groups in total. The van der Waals surface area contributed by atoms with Gasteiger partial charge in [-0.2, -0.15) is 0 Å². The molecule has 0 aromatic rings. The highest BCUT2D eigenvalue weighted by Gasteiger charge is 2.43. The molecule has 0 aromatic carbocycles. The summed E-state index contributed by atoms with van der Waals surface area (Å²) in [5.74, 6) is 0.384. The van der Waals surface area contributed by atoms with Crippen molar-refractivity contribution in [2.45, 2.75) is 65.1 Å². The standard InChI is InChI=1S/C12H24O3/c1-8(2)14-11-7-12(5,13-6)9(3)10(4)15-11/h8-11H,7H2,1-6H3/t9-,10-,11?,12+/m0/s1. The number of hydrogen-bond donors (Lipinski definition) is 0. The fourth-order valence-electron chi connectivity index (χ4n) is 2.07. The molecular formula is C12H24O3. The summed E-state index contributed by atoms with van der Waals surface area (Å²) >= 11 is 0. The minimum absolute atomic E-state index is 0.138. The summed E-state index contributed by atoms with van der Waals surface area (Å²) in [6, 6.07) is 0. The molecule has 3 heteroatoms. The van der Waals surface area contributed by atoms with Gasteiger partial charge in [-0.1, -0.05) is 6.92 Å². The van der Waals surface area contributed by atoms with Gasteiger partial charge in [0.15, 0.2) is 6.29 Å². The fourth-order valence-corrected chi connectivity index (χ4v) is 2.07. The second kappa shape index (κ2) is 4.81. The van der Waals surface area contributed by atoms with Crippen LogP contribution < -0.4 is 0 Å². The molecule has 1 aliphatic rings. The van der Waals surface area contributed by atoms with Crippen LogP contribution in [0.1, 0.15) is 41.0 Å². The Morgan fingerprint density at radius 3 is 2.40 bits per heavy atom. The SMILES string of the molecule is CO[C@]1(C)CC(OC(C)C)O[C@@H](C)[C@@H]1C. The Labute approximate surface area is 93.1 Å². The topological polar surface area (TPSA) is 27.7 Å². The quantitative estimate of drug-likeness (QED) is 0.725. The molecule has 3 nitrogen and oxygen atoms in total. The smallest absolute Gasteiger partial charge is 0.161 e. The van der Waals surface area contributed by atoms with Gasteiger partial charge in [-0.3, -0.25) is 0 Å². The number of methoxy groups -OCH3 is 1. The maximum absolute atomic E-state index is 5.80. The Balaban J connectivity index is 2.67. The van der Waals surface area contributed by atoms with Gasteiger partial charge in [-0.15, -0.1) is 0 Å². The Morgan fingerprint density at radius 1 is 1.33 bits per heavy atom. The molecule has 1 fully saturated rings. The van der Waals surface area contributed by atoms with Crippen molar-refractivity contribution < 1.29 is 14.2 Å². The van der Waals surface area contributed by atoms with E-state index in [2.05, 4.69) is 20.8 Å². The van der Waals surface area contributed by atoms with Crippen LogP contribution in [0.2, 0.25) is 0 Å². The summed E-state index contributed by atoms with van der Waals surface area (Å²) < 4.78 is 17.1. The molecule has 0 bridgehead atoms. The van der Waals surface area contributed by atoms with Crippen molar-refractivity contribution in [3.8, 4) is 0 Å². The third-order valence-electron chi connectivity index (χ3n) is 3.50. The molecule has 90 valence electrons. The summed E-state index contributed by atoms with van der Waals surface area (Å²) in [5, 5.41) is 0. The van der Waals surface area contributed by atoms with Crippen LogP contribution in [0, 0.1) is 5.92 Å². The minimum atomic E-state index is -0.142. The van der Waals surface area contributed by atoms with E-state index in [1.807, 2.05) is 13.8 Å². The van der Waals surface area contributed by atoms with Gasteiger partial charge in [0.05, 0.1) is 17.8 Å². The predicted molar refractivity (Wildman–Crippen MR) is 59.8 cm³/mol. The molecule has 4 atom stereocenters. The monoisotopic (exact) mass is 216 g/mol. The van der Waals surface area contributed by atoms with Crippen molar-refractivity contribution in [1.29, 1.82) is 0 Å². The lowest BCUT2D eigenvalue weighted by atomic mass is 9.81. The molecule has 1 aliphatic heterocycles. The van der Waals surface area contributed by atoms with Gasteiger partial charge in [0, 0.05) is 19.4 Å². The summed E-state index contributed by atoms with van der Waals surface area (Å²) in [6.07, 6.45) is 1.03. The highest BCUT2D eigenvalue weighted by atomic mass is 16.7. The van der Waals surface area contributed by atoms with Gasteiger partial charge in [0.25, 0.3) is 0 Å². The second-order valence-corrected chi connectivity index (χ2v) is 4.97. The maximum atomic E-state index is 5.80. The lowest BCUT2D eigenvalue weighted by Crippen LogP contribution is -2.51. The zero-order valence-corrected chi connectivity index (χ0v) is 10.7. The van der Waals surface area contributed by atoms with Crippen LogP contribution in [0.5, 0.6) is 0 Å². The van der Waals surface area contributed by atoms with Crippen LogP contribution in [0.15, 0.2) is 0 Å². The number of rotatable bonds is 3. The van der Waals surface area contributed by atoms with Crippen molar-refractivity contribution >= 4 is 0 Å². The molecule has 0 aliphatic carbocycles. The van der Waals surface area contributed by atoms with Gasteiger partial charge in [0.1, 0.15) is 0 Å². The molecule has 0 aromatic heterocycles. The first-order valence-electron chi connectivity index (χ1n) is 5.75. The normalized spacial score (nSPS) is 42.2. The average molecular weight is 216 g/mol. The minimum Gasteiger partial charge on any atom is -0.378 e. The molecule has 0 saturated carbocycles. The fraction of sp³-hybridized carbons (Fsp3) is 1.00. The van der Waals surface area contributed by atoms with Crippen molar-refractivity contribution in [2.24, 2.45) is 5.92 Å². The van der Waals surface area contributed by atoms with E-state index < -0.39 is 0 Å². The number of hydrogen-bond acceptors (Lipinski definition) is 3.